The van der Waals surface area contributed by atoms with Crippen LogP contribution < -0.4 is 9.67 Å². The summed E-state index contributed by atoms with van der Waals surface area (Å²) >= 11 is 3.98. The third kappa shape index (κ3) is 2.92. The van der Waals surface area contributed by atoms with E-state index in [1.54, 1.807) is 0 Å². The van der Waals surface area contributed by atoms with E-state index in [1.807, 2.05) is 41.5 Å². The van der Waals surface area contributed by atoms with E-state index in [2.05, 4.69) is 4.98 Å². The van der Waals surface area contributed by atoms with Gasteiger partial charge in [-0.05, 0) is 0 Å². The molecular weight excluding hydrogens is 394 g/mol. The number of carboxylic acids is 1. The number of carbonyl (C=O) groups excluding carboxylic acids is 2. The fraction of sp³-hybridized carbons (Fsp3) is 0.250. The highest BCUT2D eigenvalue weighted by atomic mass is 32.2. The zero-order chi connectivity index (χ0) is 18.4. The molecule has 0 aromatic carbocycles. The monoisotopic (exact) mass is 407 g/mol. The summed E-state index contributed by atoms with van der Waals surface area (Å²) in [5.74, 6) is -1.63. The number of aryl methyl sites for hydroxylation is 1. The lowest BCUT2D eigenvalue weighted by atomic mass is 10.1. The zero-order valence-corrected chi connectivity index (χ0v) is 15.9. The number of aliphatic carboxylic acids is 1. The van der Waals surface area contributed by atoms with Crippen molar-refractivity contribution in [3.8, 4) is 11.3 Å². The predicted molar refractivity (Wildman–Crippen MR) is 95.7 cm³/mol. The number of thioether (sulfide) groups is 2. The second kappa shape index (κ2) is 6.69. The number of amides is 1. The first-order valence-corrected chi connectivity index (χ1v) is 10.4. The second-order valence-corrected chi connectivity index (χ2v) is 9.07. The molecule has 2 atom stereocenters. The molecular formula is C16H13N3O4S3. The van der Waals surface area contributed by atoms with Gasteiger partial charge in [-0.2, -0.15) is 0 Å². The summed E-state index contributed by atoms with van der Waals surface area (Å²) in [5.41, 5.74) is 1.63. The van der Waals surface area contributed by atoms with Crippen LogP contribution in [0.15, 0.2) is 44.8 Å². The van der Waals surface area contributed by atoms with Gasteiger partial charge in [-0.15, -0.1) is 23.1 Å². The Morgan fingerprint density at radius 3 is 2.88 bits per heavy atom. The van der Waals surface area contributed by atoms with E-state index in [0.717, 1.165) is 16.2 Å². The molecule has 2 aliphatic rings. The molecule has 0 radical (unpaired) electrons. The molecule has 1 saturated heterocycles. The molecule has 0 bridgehead atoms. The number of nitrogens with zero attached hydrogens (tertiary/aromatic N) is 3. The van der Waals surface area contributed by atoms with Gasteiger partial charge in [0, 0.05) is 33.7 Å². The van der Waals surface area contributed by atoms with Crippen molar-refractivity contribution in [2.75, 3.05) is 5.75 Å². The lowest BCUT2D eigenvalue weighted by molar-refractivity contribution is -0.671. The number of aliphatic hydroxyl groups is 1. The van der Waals surface area contributed by atoms with Gasteiger partial charge in [0.15, 0.2) is 22.8 Å². The molecule has 26 heavy (non-hydrogen) atoms. The third-order valence-corrected chi connectivity index (χ3v) is 7.54. The maximum absolute atomic E-state index is 11.8. The number of aliphatic hydroxyl groups excluding tert-OH is 1. The maximum Gasteiger partial charge on any atom is 0.260 e. The van der Waals surface area contributed by atoms with E-state index >= 15 is 0 Å². The van der Waals surface area contributed by atoms with E-state index in [9.17, 15) is 19.8 Å². The average molecular weight is 407 g/mol. The number of fused-ring (bicyclic) bond motifs is 1. The van der Waals surface area contributed by atoms with Gasteiger partial charge in [-0.25, -0.2) is 9.55 Å². The van der Waals surface area contributed by atoms with Crippen LogP contribution in [0.5, 0.6) is 0 Å². The molecule has 1 unspecified atom stereocenters. The maximum atomic E-state index is 11.8. The summed E-state index contributed by atoms with van der Waals surface area (Å²) in [6.07, 6.45) is 2.71. The first-order valence-electron chi connectivity index (χ1n) is 7.62. The van der Waals surface area contributed by atoms with Gasteiger partial charge in [0.1, 0.15) is 12.4 Å². The molecule has 2 aromatic rings. The number of β-lactam (4-membered cyclic amide) rings is 1. The summed E-state index contributed by atoms with van der Waals surface area (Å²) in [4.78, 5) is 29.6. The Morgan fingerprint density at radius 2 is 2.19 bits per heavy atom. The van der Waals surface area contributed by atoms with Crippen LogP contribution in [0.3, 0.4) is 0 Å². The number of thiazole rings is 1. The van der Waals surface area contributed by atoms with Crippen molar-refractivity contribution in [1.29, 1.82) is 0 Å². The highest BCUT2D eigenvalue weighted by Gasteiger charge is 2.51. The molecule has 2 aliphatic heterocycles. The first kappa shape index (κ1) is 17.5. The second-order valence-electron chi connectivity index (χ2n) is 5.77. The van der Waals surface area contributed by atoms with Gasteiger partial charge in [0.25, 0.3) is 5.91 Å². The normalized spacial score (nSPS) is 22.2. The van der Waals surface area contributed by atoms with Crippen molar-refractivity contribution in [1.82, 2.24) is 9.88 Å². The Labute approximate surface area is 161 Å². The minimum absolute atomic E-state index is 0.155. The SMILES string of the molecule is C[n+]1ccc(-c2csc(SC3=C(C(=O)[O-])N4C(=O)C(O)[C@H]4SC3)n2)cc1. The highest BCUT2D eigenvalue weighted by Crippen LogP contribution is 2.45. The molecule has 1 fully saturated rings. The fourth-order valence-electron chi connectivity index (χ4n) is 2.72. The summed E-state index contributed by atoms with van der Waals surface area (Å²) in [7, 11) is 1.93. The Balaban J connectivity index is 1.61. The molecule has 2 aromatic heterocycles. The van der Waals surface area contributed by atoms with E-state index in [-0.39, 0.29) is 5.70 Å². The zero-order valence-electron chi connectivity index (χ0n) is 13.5. The summed E-state index contributed by atoms with van der Waals surface area (Å²) in [5, 5.41) is 22.6. The van der Waals surface area contributed by atoms with E-state index < -0.39 is 23.4 Å². The first-order chi connectivity index (χ1) is 12.5. The molecule has 4 rings (SSSR count). The Morgan fingerprint density at radius 1 is 1.46 bits per heavy atom. The number of aromatic nitrogens is 2. The molecule has 134 valence electrons. The number of hydrogen-bond donors (Lipinski definition) is 1. The van der Waals surface area contributed by atoms with Crippen molar-refractivity contribution in [3.05, 3.63) is 40.5 Å². The van der Waals surface area contributed by atoms with Crippen molar-refractivity contribution in [2.24, 2.45) is 7.05 Å². The van der Waals surface area contributed by atoms with Crippen molar-refractivity contribution in [3.63, 3.8) is 0 Å². The fourth-order valence-corrected chi connectivity index (χ4v) is 6.10. The molecule has 4 heterocycles. The topological polar surface area (TPSA) is 97.4 Å². The van der Waals surface area contributed by atoms with Crippen molar-refractivity contribution < 1.29 is 24.4 Å². The van der Waals surface area contributed by atoms with Gasteiger partial charge in [-0.3, -0.25) is 9.69 Å². The van der Waals surface area contributed by atoms with Gasteiger partial charge in [0.05, 0.1) is 17.4 Å². The quantitative estimate of drug-likeness (QED) is 0.561. The lowest BCUT2D eigenvalue weighted by Gasteiger charge is -2.48. The van der Waals surface area contributed by atoms with Crippen LogP contribution in [-0.2, 0) is 16.6 Å². The van der Waals surface area contributed by atoms with Crippen molar-refractivity contribution >= 4 is 46.7 Å². The smallest absolute Gasteiger partial charge is 0.260 e. The van der Waals surface area contributed by atoms with Crippen molar-refractivity contribution in [2.45, 2.75) is 15.8 Å². The van der Waals surface area contributed by atoms with Gasteiger partial charge in [-0.1, -0.05) is 11.8 Å². The van der Waals surface area contributed by atoms with E-state index in [1.165, 1.54) is 34.9 Å². The minimum Gasteiger partial charge on any atom is -0.543 e. The number of rotatable bonds is 4. The van der Waals surface area contributed by atoms with Crippen LogP contribution in [0.1, 0.15) is 0 Å². The van der Waals surface area contributed by atoms with Crippen LogP contribution >= 0.6 is 34.9 Å². The predicted octanol–water partition coefficient (Wildman–Crippen LogP) is -0.0358. The number of carbonyl (C=O) groups is 2. The molecule has 1 amide bonds. The molecule has 0 saturated carbocycles. The number of hydrogen-bond acceptors (Lipinski definition) is 8. The summed E-state index contributed by atoms with van der Waals surface area (Å²) in [6.45, 7) is 0. The molecule has 0 spiro atoms. The van der Waals surface area contributed by atoms with Gasteiger partial charge >= 0.3 is 0 Å². The molecule has 10 heteroatoms. The Hall–Kier alpha value is -1.88. The Kier molecular flexibility index (Phi) is 4.51. The summed E-state index contributed by atoms with van der Waals surface area (Å²) < 4.78 is 2.62. The van der Waals surface area contributed by atoms with Crippen LogP contribution in [-0.4, -0.2) is 44.1 Å². The van der Waals surface area contributed by atoms with Crippen LogP contribution in [0.25, 0.3) is 11.3 Å². The average Bonchev–Trinajstić information content (AvgIpc) is 3.09. The minimum atomic E-state index is -1.41. The Bertz CT molecular complexity index is 925. The standard InChI is InChI=1S/C16H13N3O4S3/c1-18-4-2-8(3-5-18)9-6-25-16(17-9)26-10-7-24-14-12(20)13(21)19(14)11(10)15(22)23/h2-6,12,14,20H,7H2,1H3/t12?,14-/m1/s1. The molecule has 0 aliphatic carbocycles. The highest BCUT2D eigenvalue weighted by molar-refractivity contribution is 8.07. The molecule has 7 nitrogen and oxygen atoms in total. The lowest BCUT2D eigenvalue weighted by Crippen LogP contribution is -2.65. The number of carboxylic acid groups (broad SMARTS) is 1. The number of pyridine rings is 1. The van der Waals surface area contributed by atoms with Crippen LogP contribution in [0, 0.1) is 0 Å². The van der Waals surface area contributed by atoms with Gasteiger partial charge < -0.3 is 15.0 Å². The largest absolute Gasteiger partial charge is 0.543 e. The van der Waals surface area contributed by atoms with Gasteiger partial charge in [0.2, 0.25) is 0 Å². The molecule has 1 N–H and O–H groups in total. The van der Waals surface area contributed by atoms with Crippen LogP contribution in [0.4, 0.5) is 0 Å². The van der Waals surface area contributed by atoms with E-state index in [0.29, 0.717) is 15.0 Å². The third-order valence-electron chi connectivity index (χ3n) is 4.07. The summed E-state index contributed by atoms with van der Waals surface area (Å²) in [6, 6.07) is 3.91. The van der Waals surface area contributed by atoms with E-state index in [4.69, 9.17) is 0 Å². The van der Waals surface area contributed by atoms with Crippen LogP contribution in [0.2, 0.25) is 0 Å².